The molecule has 0 amide bonds. The van der Waals surface area contributed by atoms with E-state index in [1.54, 1.807) is 12.1 Å². The number of rotatable bonds is 8. The summed E-state index contributed by atoms with van der Waals surface area (Å²) < 4.78 is 45.0. The van der Waals surface area contributed by atoms with Gasteiger partial charge >= 0.3 is 23.9 Å². The molecular formula is C22H25FO10. The van der Waals surface area contributed by atoms with Gasteiger partial charge in [-0.2, -0.15) is 0 Å². The fourth-order valence-corrected chi connectivity index (χ4v) is 3.15. The Morgan fingerprint density at radius 3 is 1.91 bits per heavy atom. The van der Waals surface area contributed by atoms with Crippen molar-refractivity contribution in [2.24, 2.45) is 0 Å². The molecule has 1 fully saturated rings. The Hall–Kier alpha value is -3.47. The maximum atomic E-state index is 12.4. The van der Waals surface area contributed by atoms with Crippen LogP contribution in [0.3, 0.4) is 0 Å². The highest BCUT2D eigenvalue weighted by Crippen LogP contribution is 2.31. The van der Waals surface area contributed by atoms with Crippen molar-refractivity contribution < 1.29 is 52.0 Å². The third-order valence-electron chi connectivity index (χ3n) is 4.34. The van der Waals surface area contributed by atoms with E-state index >= 15 is 0 Å². The SMILES string of the molecule is CC(=O)OC[C@H]1O[C@@H](Oc2ccc(/C=C/F)cc2)[C@H](OC(C)=O)[C@@H](OC(C)=O)[C@@H]1OC(C)=O. The number of carbonyl (C=O) groups is 4. The van der Waals surface area contributed by atoms with Gasteiger partial charge in [-0.3, -0.25) is 19.2 Å². The van der Waals surface area contributed by atoms with E-state index in [1.165, 1.54) is 25.1 Å². The third kappa shape index (κ3) is 7.86. The highest BCUT2D eigenvalue weighted by Gasteiger charge is 2.53. The predicted octanol–water partition coefficient (Wildman–Crippen LogP) is 2.09. The Labute approximate surface area is 189 Å². The van der Waals surface area contributed by atoms with Gasteiger partial charge in [-0.1, -0.05) is 12.1 Å². The summed E-state index contributed by atoms with van der Waals surface area (Å²) in [5.41, 5.74) is 0.561. The molecule has 0 spiro atoms. The van der Waals surface area contributed by atoms with Crippen LogP contribution >= 0.6 is 0 Å². The summed E-state index contributed by atoms with van der Waals surface area (Å²) in [5, 5.41) is 0. The smallest absolute Gasteiger partial charge is 0.303 e. The number of carbonyl (C=O) groups excluding carboxylic acids is 4. The van der Waals surface area contributed by atoms with Gasteiger partial charge in [-0.15, -0.1) is 0 Å². The van der Waals surface area contributed by atoms with Gasteiger partial charge in [0.1, 0.15) is 18.5 Å². The van der Waals surface area contributed by atoms with Crippen LogP contribution in [0.25, 0.3) is 6.08 Å². The van der Waals surface area contributed by atoms with Gasteiger partial charge in [-0.25, -0.2) is 4.39 Å². The van der Waals surface area contributed by atoms with Crippen molar-refractivity contribution in [3.8, 4) is 5.75 Å². The predicted molar refractivity (Wildman–Crippen MR) is 109 cm³/mol. The minimum atomic E-state index is -1.34. The van der Waals surface area contributed by atoms with E-state index in [9.17, 15) is 23.6 Å². The standard InChI is InChI=1S/C22H25FO10/c1-12(24)28-11-18-19(29-13(2)25)20(30-14(3)26)21(31-15(4)27)22(33-18)32-17-7-5-16(6-8-17)9-10-23/h5-10,18-22H,11H2,1-4H3/b10-9+/t18-,19-,20+,21-,22-/m1/s1. The van der Waals surface area contributed by atoms with Crippen molar-refractivity contribution in [1.29, 1.82) is 0 Å². The molecular weight excluding hydrogens is 443 g/mol. The van der Waals surface area contributed by atoms with E-state index in [0.717, 1.165) is 20.8 Å². The molecule has 1 heterocycles. The topological polar surface area (TPSA) is 124 Å². The first-order valence-corrected chi connectivity index (χ1v) is 9.94. The molecule has 0 saturated carbocycles. The second kappa shape index (κ2) is 12.0. The molecule has 2 rings (SSSR count). The average molecular weight is 468 g/mol. The van der Waals surface area contributed by atoms with Gasteiger partial charge in [0, 0.05) is 27.7 Å². The fraction of sp³-hybridized carbons (Fsp3) is 0.455. The molecule has 10 nitrogen and oxygen atoms in total. The Bertz CT molecular complexity index is 882. The van der Waals surface area contributed by atoms with Crippen LogP contribution in [0.1, 0.15) is 33.3 Å². The second-order valence-corrected chi connectivity index (χ2v) is 7.05. The van der Waals surface area contributed by atoms with E-state index in [2.05, 4.69) is 0 Å². The van der Waals surface area contributed by atoms with E-state index in [1.807, 2.05) is 0 Å². The monoisotopic (exact) mass is 468 g/mol. The molecule has 0 aromatic heterocycles. The van der Waals surface area contributed by atoms with Crippen molar-refractivity contribution in [2.75, 3.05) is 6.61 Å². The summed E-state index contributed by atoms with van der Waals surface area (Å²) in [5.74, 6) is -2.58. The van der Waals surface area contributed by atoms with Crippen LogP contribution < -0.4 is 4.74 Å². The number of benzene rings is 1. The van der Waals surface area contributed by atoms with Crippen molar-refractivity contribution in [3.63, 3.8) is 0 Å². The molecule has 33 heavy (non-hydrogen) atoms. The van der Waals surface area contributed by atoms with Gasteiger partial charge in [0.05, 0.1) is 6.33 Å². The number of halogens is 1. The summed E-state index contributed by atoms with van der Waals surface area (Å²) in [4.78, 5) is 46.6. The molecule has 5 atom stereocenters. The zero-order chi connectivity index (χ0) is 24.5. The Balaban J connectivity index is 2.42. The first kappa shape index (κ1) is 25.8. The van der Waals surface area contributed by atoms with E-state index in [0.29, 0.717) is 11.9 Å². The minimum Gasteiger partial charge on any atom is -0.463 e. The lowest BCUT2D eigenvalue weighted by molar-refractivity contribution is -0.288. The largest absolute Gasteiger partial charge is 0.463 e. The van der Waals surface area contributed by atoms with E-state index < -0.39 is 54.6 Å². The fourth-order valence-electron chi connectivity index (χ4n) is 3.15. The number of esters is 4. The summed E-state index contributed by atoms with van der Waals surface area (Å²) in [7, 11) is 0. The molecule has 0 unspecified atom stereocenters. The molecule has 0 N–H and O–H groups in total. The number of hydrogen-bond acceptors (Lipinski definition) is 10. The second-order valence-electron chi connectivity index (χ2n) is 7.05. The van der Waals surface area contributed by atoms with Crippen LogP contribution in [0.5, 0.6) is 5.75 Å². The maximum absolute atomic E-state index is 12.4. The lowest BCUT2D eigenvalue weighted by Crippen LogP contribution is -2.63. The van der Waals surface area contributed by atoms with Crippen LogP contribution in [-0.2, 0) is 42.9 Å². The minimum absolute atomic E-state index is 0.256. The number of ether oxygens (including phenoxy) is 6. The molecule has 1 aliphatic heterocycles. The lowest BCUT2D eigenvalue weighted by Gasteiger charge is -2.43. The molecule has 1 aliphatic rings. The van der Waals surface area contributed by atoms with Gasteiger partial charge in [0.25, 0.3) is 0 Å². The molecule has 1 aromatic rings. The van der Waals surface area contributed by atoms with Crippen LogP contribution in [-0.4, -0.2) is 61.2 Å². The summed E-state index contributed by atoms with van der Waals surface area (Å²) in [6, 6.07) is 6.17. The lowest BCUT2D eigenvalue weighted by atomic mass is 9.98. The normalized spacial score (nSPS) is 24.6. The Morgan fingerprint density at radius 1 is 0.848 bits per heavy atom. The Kier molecular flexibility index (Phi) is 9.34. The van der Waals surface area contributed by atoms with Crippen molar-refractivity contribution >= 4 is 30.0 Å². The summed E-state index contributed by atoms with van der Waals surface area (Å²) in [6.45, 7) is 4.20. The third-order valence-corrected chi connectivity index (χ3v) is 4.34. The quantitative estimate of drug-likeness (QED) is 0.414. The zero-order valence-electron chi connectivity index (χ0n) is 18.5. The van der Waals surface area contributed by atoms with E-state index in [-0.39, 0.29) is 12.4 Å². The van der Waals surface area contributed by atoms with Crippen LogP contribution in [0.15, 0.2) is 30.6 Å². The number of hydrogen-bond donors (Lipinski definition) is 0. The molecule has 1 aromatic carbocycles. The van der Waals surface area contributed by atoms with Gasteiger partial charge in [0.2, 0.25) is 12.4 Å². The van der Waals surface area contributed by atoms with Gasteiger partial charge < -0.3 is 28.4 Å². The molecule has 1 saturated heterocycles. The van der Waals surface area contributed by atoms with Crippen molar-refractivity contribution in [1.82, 2.24) is 0 Å². The molecule has 0 radical (unpaired) electrons. The van der Waals surface area contributed by atoms with Crippen LogP contribution in [0.2, 0.25) is 0 Å². The average Bonchev–Trinajstić information content (AvgIpc) is 2.71. The highest BCUT2D eigenvalue weighted by molar-refractivity contribution is 5.68. The van der Waals surface area contributed by atoms with Crippen molar-refractivity contribution in [2.45, 2.75) is 58.4 Å². The molecule has 0 bridgehead atoms. The van der Waals surface area contributed by atoms with Crippen molar-refractivity contribution in [3.05, 3.63) is 36.2 Å². The zero-order valence-corrected chi connectivity index (χ0v) is 18.5. The van der Waals surface area contributed by atoms with Gasteiger partial charge in [-0.05, 0) is 23.8 Å². The van der Waals surface area contributed by atoms with E-state index in [4.69, 9.17) is 28.4 Å². The summed E-state index contributed by atoms with van der Waals surface area (Å²) >= 11 is 0. The van der Waals surface area contributed by atoms with Crippen LogP contribution in [0.4, 0.5) is 4.39 Å². The Morgan fingerprint density at radius 2 is 1.39 bits per heavy atom. The molecule has 11 heteroatoms. The summed E-state index contributed by atoms with van der Waals surface area (Å²) in [6.07, 6.45) is -4.78. The molecule has 180 valence electrons. The first-order chi connectivity index (χ1) is 15.6. The highest BCUT2D eigenvalue weighted by atomic mass is 19.1. The first-order valence-electron chi connectivity index (χ1n) is 9.94. The van der Waals surface area contributed by atoms with Gasteiger partial charge in [0.15, 0.2) is 12.2 Å². The van der Waals surface area contributed by atoms with Crippen LogP contribution in [0, 0.1) is 0 Å². The molecule has 0 aliphatic carbocycles. The maximum Gasteiger partial charge on any atom is 0.303 e.